The van der Waals surface area contributed by atoms with Crippen LogP contribution in [0.1, 0.15) is 12.2 Å². The molecule has 1 fully saturated rings. The Morgan fingerprint density at radius 3 is 2.90 bits per heavy atom. The molecule has 20 heavy (non-hydrogen) atoms. The van der Waals surface area contributed by atoms with E-state index in [2.05, 4.69) is 4.98 Å². The molecule has 0 amide bonds. The van der Waals surface area contributed by atoms with E-state index in [1.807, 2.05) is 28.8 Å². The van der Waals surface area contributed by atoms with Crippen molar-refractivity contribution in [2.45, 2.75) is 18.7 Å². The lowest BCUT2D eigenvalue weighted by Crippen LogP contribution is -2.15. The van der Waals surface area contributed by atoms with Crippen LogP contribution in [0.15, 0.2) is 24.3 Å². The van der Waals surface area contributed by atoms with Gasteiger partial charge in [0.05, 0.1) is 17.6 Å². The van der Waals surface area contributed by atoms with E-state index in [0.29, 0.717) is 11.7 Å². The van der Waals surface area contributed by atoms with E-state index in [1.54, 1.807) is 0 Å². The summed E-state index contributed by atoms with van der Waals surface area (Å²) in [6.07, 6.45) is 2.26. The lowest BCUT2D eigenvalue weighted by atomic mass is 10.1. The number of ether oxygens (including phenoxy) is 1. The first-order valence-electron chi connectivity index (χ1n) is 6.72. The van der Waals surface area contributed by atoms with Crippen LogP contribution in [0.3, 0.4) is 0 Å². The van der Waals surface area contributed by atoms with Crippen LogP contribution in [0.25, 0.3) is 11.0 Å². The van der Waals surface area contributed by atoms with Gasteiger partial charge in [0.2, 0.25) is 0 Å². The molecule has 1 aliphatic rings. The maximum Gasteiger partial charge on any atom is 0.154 e. The first kappa shape index (κ1) is 13.6. The molecule has 0 spiro atoms. The molecule has 108 valence electrons. The zero-order chi connectivity index (χ0) is 14.2. The molecule has 1 saturated heterocycles. The number of nitrogens with zero attached hydrogens (tertiary/aromatic N) is 2. The molecule has 0 aliphatic carbocycles. The molecule has 0 unspecified atom stereocenters. The maximum atomic E-state index is 11.6. The van der Waals surface area contributed by atoms with Crippen molar-refractivity contribution >= 4 is 20.9 Å². The maximum absolute atomic E-state index is 11.6. The smallest absolute Gasteiger partial charge is 0.154 e. The van der Waals surface area contributed by atoms with Crippen molar-refractivity contribution in [2.24, 2.45) is 5.92 Å². The summed E-state index contributed by atoms with van der Waals surface area (Å²) in [5.41, 5.74) is 1.85. The van der Waals surface area contributed by atoms with Gasteiger partial charge in [-0.05, 0) is 18.6 Å². The number of para-hydroxylation sites is 2. The summed E-state index contributed by atoms with van der Waals surface area (Å²) in [4.78, 5) is 4.48. The second-order valence-electron chi connectivity index (χ2n) is 5.43. The van der Waals surface area contributed by atoms with Gasteiger partial charge in [-0.1, -0.05) is 12.1 Å². The number of fused-ring (bicyclic) bond motifs is 1. The minimum absolute atomic E-state index is 0.0186. The zero-order valence-corrected chi connectivity index (χ0v) is 12.3. The van der Waals surface area contributed by atoms with E-state index in [-0.39, 0.29) is 5.75 Å². The van der Waals surface area contributed by atoms with Crippen LogP contribution in [0.5, 0.6) is 0 Å². The summed E-state index contributed by atoms with van der Waals surface area (Å²) in [6, 6.07) is 7.78. The normalized spacial score (nSPS) is 19.8. The summed E-state index contributed by atoms with van der Waals surface area (Å²) < 4.78 is 30.6. The third kappa shape index (κ3) is 2.86. The van der Waals surface area contributed by atoms with Crippen LogP contribution in [0.4, 0.5) is 0 Å². The summed E-state index contributed by atoms with van der Waals surface area (Å²) in [5.74, 6) is 1.04. The van der Waals surface area contributed by atoms with E-state index >= 15 is 0 Å². The molecule has 0 radical (unpaired) electrons. The zero-order valence-electron chi connectivity index (χ0n) is 11.4. The van der Waals surface area contributed by atoms with E-state index in [1.165, 1.54) is 6.26 Å². The molecule has 1 aliphatic heterocycles. The second kappa shape index (κ2) is 5.18. The van der Waals surface area contributed by atoms with Gasteiger partial charge in [0, 0.05) is 25.3 Å². The summed E-state index contributed by atoms with van der Waals surface area (Å²) in [7, 11) is -3.10. The van der Waals surface area contributed by atoms with E-state index in [4.69, 9.17) is 4.74 Å². The van der Waals surface area contributed by atoms with Crippen LogP contribution in [0, 0.1) is 5.92 Å². The SMILES string of the molecule is CS(=O)(=O)Cc1nc2ccccc2n1C[C@H]1CCOC1. The molecule has 0 bridgehead atoms. The number of hydrogen-bond donors (Lipinski definition) is 0. The molecule has 3 rings (SSSR count). The highest BCUT2D eigenvalue weighted by molar-refractivity contribution is 7.89. The van der Waals surface area contributed by atoms with E-state index < -0.39 is 9.84 Å². The lowest BCUT2D eigenvalue weighted by molar-refractivity contribution is 0.182. The van der Waals surface area contributed by atoms with Gasteiger partial charge in [-0.15, -0.1) is 0 Å². The summed E-state index contributed by atoms with van der Waals surface area (Å²) >= 11 is 0. The summed E-state index contributed by atoms with van der Waals surface area (Å²) in [6.45, 7) is 2.30. The minimum atomic E-state index is -3.10. The van der Waals surface area contributed by atoms with E-state index in [9.17, 15) is 8.42 Å². The highest BCUT2D eigenvalue weighted by Crippen LogP contribution is 2.22. The number of sulfone groups is 1. The molecule has 2 aromatic rings. The fourth-order valence-electron chi connectivity index (χ4n) is 2.66. The Hall–Kier alpha value is -1.40. The molecule has 0 saturated carbocycles. The molecule has 2 heterocycles. The quantitative estimate of drug-likeness (QED) is 0.859. The fourth-order valence-corrected chi connectivity index (χ4v) is 3.35. The fraction of sp³-hybridized carbons (Fsp3) is 0.500. The van der Waals surface area contributed by atoms with Crippen LogP contribution in [-0.4, -0.2) is 37.4 Å². The molecule has 6 heteroatoms. The predicted molar refractivity (Wildman–Crippen MR) is 77.2 cm³/mol. The van der Waals surface area contributed by atoms with Gasteiger partial charge in [0.15, 0.2) is 9.84 Å². The van der Waals surface area contributed by atoms with Crippen LogP contribution < -0.4 is 0 Å². The van der Waals surface area contributed by atoms with Crippen molar-refractivity contribution in [3.8, 4) is 0 Å². The molecular formula is C14H18N2O3S. The van der Waals surface area contributed by atoms with Crippen molar-refractivity contribution in [3.05, 3.63) is 30.1 Å². The topological polar surface area (TPSA) is 61.2 Å². The average molecular weight is 294 g/mol. The Bertz CT molecular complexity index is 715. The largest absolute Gasteiger partial charge is 0.381 e. The Kier molecular flexibility index (Phi) is 3.52. The Labute approximate surface area is 118 Å². The molecular weight excluding hydrogens is 276 g/mol. The second-order valence-corrected chi connectivity index (χ2v) is 7.57. The third-order valence-corrected chi connectivity index (χ3v) is 4.37. The molecule has 5 nitrogen and oxygen atoms in total. The van der Waals surface area contributed by atoms with Crippen LogP contribution in [0.2, 0.25) is 0 Å². The highest BCUT2D eigenvalue weighted by atomic mass is 32.2. The number of hydrogen-bond acceptors (Lipinski definition) is 4. The number of aromatic nitrogens is 2. The van der Waals surface area contributed by atoms with Crippen molar-refractivity contribution in [3.63, 3.8) is 0 Å². The van der Waals surface area contributed by atoms with Gasteiger partial charge >= 0.3 is 0 Å². The molecule has 0 N–H and O–H groups in total. The molecule has 1 aromatic heterocycles. The standard InChI is InChI=1S/C14H18N2O3S/c1-20(17,18)10-14-15-12-4-2-3-5-13(12)16(14)8-11-6-7-19-9-11/h2-5,11H,6-10H2,1H3/t11-/m1/s1. The van der Waals surface area contributed by atoms with Gasteiger partial charge in [0.25, 0.3) is 0 Å². The number of benzene rings is 1. The molecule has 1 atom stereocenters. The van der Waals surface area contributed by atoms with Gasteiger partial charge in [-0.25, -0.2) is 13.4 Å². The van der Waals surface area contributed by atoms with Gasteiger partial charge in [0.1, 0.15) is 11.6 Å². The van der Waals surface area contributed by atoms with Gasteiger partial charge in [-0.3, -0.25) is 0 Å². The van der Waals surface area contributed by atoms with E-state index in [0.717, 1.165) is 37.2 Å². The Morgan fingerprint density at radius 1 is 1.40 bits per heavy atom. The third-order valence-electron chi connectivity index (χ3n) is 3.59. The number of imidazole rings is 1. The first-order valence-corrected chi connectivity index (χ1v) is 8.78. The predicted octanol–water partition coefficient (Wildman–Crippen LogP) is 1.62. The highest BCUT2D eigenvalue weighted by Gasteiger charge is 2.21. The Balaban J connectivity index is 2.02. The van der Waals surface area contributed by atoms with Crippen molar-refractivity contribution in [1.29, 1.82) is 0 Å². The van der Waals surface area contributed by atoms with Gasteiger partial charge in [-0.2, -0.15) is 0 Å². The van der Waals surface area contributed by atoms with Crippen LogP contribution in [-0.2, 0) is 26.9 Å². The summed E-state index contributed by atoms with van der Waals surface area (Å²) in [5, 5.41) is 0. The lowest BCUT2D eigenvalue weighted by Gasteiger charge is -2.12. The van der Waals surface area contributed by atoms with Crippen LogP contribution >= 0.6 is 0 Å². The number of rotatable bonds is 4. The Morgan fingerprint density at radius 2 is 2.20 bits per heavy atom. The monoisotopic (exact) mass is 294 g/mol. The first-order chi connectivity index (χ1) is 9.53. The molecule has 1 aromatic carbocycles. The van der Waals surface area contributed by atoms with Crippen molar-refractivity contribution in [1.82, 2.24) is 9.55 Å². The van der Waals surface area contributed by atoms with Crippen molar-refractivity contribution < 1.29 is 13.2 Å². The average Bonchev–Trinajstić information content (AvgIpc) is 2.97. The van der Waals surface area contributed by atoms with Crippen molar-refractivity contribution in [2.75, 3.05) is 19.5 Å². The minimum Gasteiger partial charge on any atom is -0.381 e. The van der Waals surface area contributed by atoms with Gasteiger partial charge < -0.3 is 9.30 Å².